The Balaban J connectivity index is 2.03. The molecule has 1 aromatic carbocycles. The summed E-state index contributed by atoms with van der Waals surface area (Å²) in [6.07, 6.45) is 1.41. The summed E-state index contributed by atoms with van der Waals surface area (Å²) in [7, 11) is 0. The van der Waals surface area contributed by atoms with Crippen LogP contribution in [0.2, 0.25) is 0 Å². The summed E-state index contributed by atoms with van der Waals surface area (Å²) in [5.41, 5.74) is 6.60. The SMILES string of the molecule is NC(=O)C1CC(c2nccc3ccccc23)=NO1. The minimum atomic E-state index is -0.680. The number of oxime groups is 1. The highest BCUT2D eigenvalue weighted by atomic mass is 16.6. The molecule has 0 spiro atoms. The first-order chi connectivity index (χ1) is 8.75. The number of carbonyl (C=O) groups is 1. The summed E-state index contributed by atoms with van der Waals surface area (Å²) < 4.78 is 0. The van der Waals surface area contributed by atoms with E-state index < -0.39 is 12.0 Å². The highest BCUT2D eigenvalue weighted by Crippen LogP contribution is 2.22. The van der Waals surface area contributed by atoms with Crippen LogP contribution in [0.4, 0.5) is 0 Å². The molecule has 5 heteroatoms. The van der Waals surface area contributed by atoms with Crippen molar-refractivity contribution in [3.63, 3.8) is 0 Å². The van der Waals surface area contributed by atoms with Crippen molar-refractivity contribution in [2.24, 2.45) is 10.9 Å². The lowest BCUT2D eigenvalue weighted by Gasteiger charge is -2.04. The third-order valence-corrected chi connectivity index (χ3v) is 2.93. The number of nitrogens with zero attached hydrogens (tertiary/aromatic N) is 2. The molecule has 1 aliphatic heterocycles. The van der Waals surface area contributed by atoms with Gasteiger partial charge in [-0.25, -0.2) is 0 Å². The van der Waals surface area contributed by atoms with Crippen LogP contribution in [-0.2, 0) is 9.63 Å². The van der Waals surface area contributed by atoms with Crippen molar-refractivity contribution >= 4 is 22.4 Å². The van der Waals surface area contributed by atoms with Crippen molar-refractivity contribution in [3.8, 4) is 0 Å². The lowest BCUT2D eigenvalue weighted by atomic mass is 10.0. The molecule has 0 aliphatic carbocycles. The fourth-order valence-electron chi connectivity index (χ4n) is 2.02. The Morgan fingerprint density at radius 3 is 2.94 bits per heavy atom. The maximum atomic E-state index is 11.0. The predicted molar refractivity (Wildman–Crippen MR) is 67.0 cm³/mol. The molecule has 2 N–H and O–H groups in total. The Morgan fingerprint density at radius 2 is 2.17 bits per heavy atom. The fraction of sp³-hybridized carbons (Fsp3) is 0.154. The zero-order valence-electron chi connectivity index (χ0n) is 9.54. The molecule has 90 valence electrons. The van der Waals surface area contributed by atoms with Crippen molar-refractivity contribution in [2.75, 3.05) is 0 Å². The van der Waals surface area contributed by atoms with Crippen molar-refractivity contribution in [3.05, 3.63) is 42.2 Å². The van der Waals surface area contributed by atoms with Gasteiger partial charge >= 0.3 is 0 Å². The number of benzene rings is 1. The second kappa shape index (κ2) is 4.10. The van der Waals surface area contributed by atoms with Crippen molar-refractivity contribution < 1.29 is 9.63 Å². The number of amides is 1. The van der Waals surface area contributed by atoms with Gasteiger partial charge in [-0.05, 0) is 11.5 Å². The van der Waals surface area contributed by atoms with Gasteiger partial charge in [0.05, 0.1) is 5.69 Å². The maximum absolute atomic E-state index is 11.0. The lowest BCUT2D eigenvalue weighted by molar-refractivity contribution is -0.127. The first kappa shape index (κ1) is 10.7. The molecule has 0 saturated heterocycles. The maximum Gasteiger partial charge on any atom is 0.261 e. The minimum absolute atomic E-state index is 0.371. The number of hydrogen-bond donors (Lipinski definition) is 1. The Morgan fingerprint density at radius 1 is 1.33 bits per heavy atom. The van der Waals surface area contributed by atoms with Gasteiger partial charge in [0.25, 0.3) is 5.91 Å². The van der Waals surface area contributed by atoms with E-state index in [4.69, 9.17) is 10.6 Å². The molecule has 1 unspecified atom stereocenters. The van der Waals surface area contributed by atoms with Gasteiger partial charge in [-0.2, -0.15) is 0 Å². The van der Waals surface area contributed by atoms with Crippen LogP contribution in [0.5, 0.6) is 0 Å². The largest absolute Gasteiger partial charge is 0.382 e. The second-order valence-corrected chi connectivity index (χ2v) is 4.12. The number of pyridine rings is 1. The monoisotopic (exact) mass is 241 g/mol. The van der Waals surface area contributed by atoms with Crippen LogP contribution >= 0.6 is 0 Å². The number of carbonyl (C=O) groups excluding carboxylic acids is 1. The summed E-state index contributed by atoms with van der Waals surface area (Å²) in [6.45, 7) is 0. The molecule has 1 amide bonds. The van der Waals surface area contributed by atoms with Crippen LogP contribution in [0, 0.1) is 0 Å². The molecule has 0 saturated carbocycles. The molecular formula is C13H11N3O2. The van der Waals surface area contributed by atoms with Gasteiger partial charge in [0.15, 0.2) is 0 Å². The van der Waals surface area contributed by atoms with Crippen LogP contribution in [0.15, 0.2) is 41.7 Å². The van der Waals surface area contributed by atoms with E-state index in [-0.39, 0.29) is 0 Å². The minimum Gasteiger partial charge on any atom is -0.382 e. The summed E-state index contributed by atoms with van der Waals surface area (Å²) in [6, 6.07) is 9.81. The van der Waals surface area contributed by atoms with Crippen LogP contribution in [0.1, 0.15) is 12.1 Å². The molecule has 1 aliphatic rings. The number of rotatable bonds is 2. The first-order valence-corrected chi connectivity index (χ1v) is 5.62. The average Bonchev–Trinajstić information content (AvgIpc) is 2.87. The van der Waals surface area contributed by atoms with E-state index >= 15 is 0 Å². The molecule has 1 atom stereocenters. The fourth-order valence-corrected chi connectivity index (χ4v) is 2.02. The Hall–Kier alpha value is -2.43. The molecule has 18 heavy (non-hydrogen) atoms. The Labute approximate surface area is 103 Å². The molecular weight excluding hydrogens is 230 g/mol. The number of nitrogens with two attached hydrogens (primary N) is 1. The normalized spacial score (nSPS) is 18.4. The standard InChI is InChI=1S/C13H11N3O2/c14-13(17)11-7-10(16-18-11)12-9-4-2-1-3-8(9)5-6-15-12/h1-6,11H,7H2,(H2,14,17). The highest BCUT2D eigenvalue weighted by molar-refractivity contribution is 6.10. The Kier molecular flexibility index (Phi) is 2.44. The van der Waals surface area contributed by atoms with Crippen LogP contribution in [0.3, 0.4) is 0 Å². The van der Waals surface area contributed by atoms with E-state index in [0.29, 0.717) is 12.1 Å². The third kappa shape index (κ3) is 1.69. The average molecular weight is 241 g/mol. The van der Waals surface area contributed by atoms with Crippen LogP contribution in [0.25, 0.3) is 10.8 Å². The van der Waals surface area contributed by atoms with Gasteiger partial charge in [-0.3, -0.25) is 9.78 Å². The lowest BCUT2D eigenvalue weighted by Crippen LogP contribution is -2.28. The Bertz CT molecular complexity index is 646. The summed E-state index contributed by atoms with van der Waals surface area (Å²) in [4.78, 5) is 20.4. The van der Waals surface area contributed by atoms with E-state index in [1.165, 1.54) is 0 Å². The molecule has 0 bridgehead atoms. The molecule has 2 aromatic rings. The molecule has 0 radical (unpaired) electrons. The number of fused-ring (bicyclic) bond motifs is 1. The van der Waals surface area contributed by atoms with Crippen molar-refractivity contribution in [1.82, 2.24) is 4.98 Å². The van der Waals surface area contributed by atoms with Crippen LogP contribution < -0.4 is 5.73 Å². The predicted octanol–water partition coefficient (Wildman–Crippen LogP) is 1.21. The van der Waals surface area contributed by atoms with Gasteiger partial charge in [-0.15, -0.1) is 0 Å². The second-order valence-electron chi connectivity index (χ2n) is 4.12. The number of primary amides is 1. The van der Waals surface area contributed by atoms with Gasteiger partial charge in [0, 0.05) is 18.0 Å². The summed E-state index contributed by atoms with van der Waals surface area (Å²) >= 11 is 0. The molecule has 2 heterocycles. The van der Waals surface area contributed by atoms with E-state index in [2.05, 4.69) is 10.1 Å². The molecule has 5 nitrogen and oxygen atoms in total. The number of hydrogen-bond acceptors (Lipinski definition) is 4. The van der Waals surface area contributed by atoms with Crippen molar-refractivity contribution in [2.45, 2.75) is 12.5 Å². The zero-order valence-corrected chi connectivity index (χ0v) is 9.54. The van der Waals surface area contributed by atoms with Gasteiger partial charge < -0.3 is 10.6 Å². The van der Waals surface area contributed by atoms with E-state index in [1.54, 1.807) is 6.20 Å². The third-order valence-electron chi connectivity index (χ3n) is 2.93. The van der Waals surface area contributed by atoms with Gasteiger partial charge in [0.1, 0.15) is 5.71 Å². The smallest absolute Gasteiger partial charge is 0.261 e. The van der Waals surface area contributed by atoms with Gasteiger partial charge in [-0.1, -0.05) is 29.4 Å². The van der Waals surface area contributed by atoms with Crippen LogP contribution in [-0.4, -0.2) is 22.7 Å². The summed E-state index contributed by atoms with van der Waals surface area (Å²) in [5, 5.41) is 5.98. The topological polar surface area (TPSA) is 77.6 Å². The zero-order chi connectivity index (χ0) is 12.5. The molecule has 1 aromatic heterocycles. The number of aromatic nitrogens is 1. The first-order valence-electron chi connectivity index (χ1n) is 5.62. The van der Waals surface area contributed by atoms with E-state index in [9.17, 15) is 4.79 Å². The highest BCUT2D eigenvalue weighted by Gasteiger charge is 2.28. The summed E-state index contributed by atoms with van der Waals surface area (Å²) in [5.74, 6) is -0.506. The molecule has 0 fully saturated rings. The van der Waals surface area contributed by atoms with E-state index in [1.807, 2.05) is 30.3 Å². The van der Waals surface area contributed by atoms with Crippen molar-refractivity contribution in [1.29, 1.82) is 0 Å². The molecule has 3 rings (SSSR count). The quantitative estimate of drug-likeness (QED) is 0.858. The van der Waals surface area contributed by atoms with Gasteiger partial charge in [0.2, 0.25) is 6.10 Å². The van der Waals surface area contributed by atoms with E-state index in [0.717, 1.165) is 16.5 Å².